The Kier molecular flexibility index (Phi) is 5.74. The van der Waals surface area contributed by atoms with Crippen LogP contribution in [0.5, 0.6) is 0 Å². The van der Waals surface area contributed by atoms with Gasteiger partial charge >= 0.3 is 0 Å². The Morgan fingerprint density at radius 2 is 1.74 bits per heavy atom. The molecule has 6 heteroatoms. The van der Waals surface area contributed by atoms with Crippen LogP contribution in [0.15, 0.2) is 67.1 Å². The third kappa shape index (κ3) is 4.36. The van der Waals surface area contributed by atoms with Gasteiger partial charge in [-0.3, -0.25) is 4.98 Å². The Bertz CT molecular complexity index is 1150. The maximum atomic E-state index is 13.5. The molecular weight excluding hydrogens is 391 g/mol. The van der Waals surface area contributed by atoms with Crippen molar-refractivity contribution in [2.45, 2.75) is 19.4 Å². The van der Waals surface area contributed by atoms with Crippen molar-refractivity contribution in [3.63, 3.8) is 0 Å². The highest BCUT2D eigenvalue weighted by molar-refractivity contribution is 5.92. The Morgan fingerprint density at radius 1 is 0.968 bits per heavy atom. The van der Waals surface area contributed by atoms with Crippen LogP contribution in [0.3, 0.4) is 0 Å². The summed E-state index contributed by atoms with van der Waals surface area (Å²) < 4.78 is 20.9. The highest BCUT2D eigenvalue weighted by atomic mass is 19.1. The van der Waals surface area contributed by atoms with Gasteiger partial charge in [0.15, 0.2) is 0 Å². The zero-order valence-corrected chi connectivity index (χ0v) is 17.3. The van der Waals surface area contributed by atoms with Gasteiger partial charge < -0.3 is 10.1 Å². The quantitative estimate of drug-likeness (QED) is 0.494. The third-order valence-corrected chi connectivity index (χ3v) is 5.88. The first-order valence-corrected chi connectivity index (χ1v) is 10.7. The van der Waals surface area contributed by atoms with Crippen LogP contribution in [0, 0.1) is 11.7 Å². The molecule has 0 atom stereocenters. The fraction of sp³-hybridized carbons (Fsp3) is 0.280. The SMILES string of the molecule is Fc1ccc(-c2nn3cc(CNCC4CCOCC4)ccc3c2-c2ccncc2)cc1. The molecule has 0 spiro atoms. The molecule has 0 unspecified atom stereocenters. The summed E-state index contributed by atoms with van der Waals surface area (Å²) in [6.45, 7) is 3.54. The van der Waals surface area contributed by atoms with Crippen molar-refractivity contribution in [1.82, 2.24) is 19.9 Å². The van der Waals surface area contributed by atoms with Gasteiger partial charge in [-0.2, -0.15) is 5.10 Å². The second kappa shape index (κ2) is 8.96. The minimum absolute atomic E-state index is 0.254. The molecule has 0 bridgehead atoms. The van der Waals surface area contributed by atoms with Crippen LogP contribution < -0.4 is 5.32 Å². The summed E-state index contributed by atoms with van der Waals surface area (Å²) in [5.41, 5.74) is 5.97. The molecule has 0 aliphatic carbocycles. The van der Waals surface area contributed by atoms with Gasteiger partial charge in [0, 0.05) is 49.5 Å². The minimum atomic E-state index is -0.254. The summed E-state index contributed by atoms with van der Waals surface area (Å²) >= 11 is 0. The van der Waals surface area contributed by atoms with Crippen molar-refractivity contribution in [2.75, 3.05) is 19.8 Å². The van der Waals surface area contributed by atoms with E-state index in [0.717, 1.165) is 67.0 Å². The fourth-order valence-electron chi connectivity index (χ4n) is 4.18. The lowest BCUT2D eigenvalue weighted by molar-refractivity contribution is 0.0662. The van der Waals surface area contributed by atoms with Crippen LogP contribution in [0.1, 0.15) is 18.4 Å². The van der Waals surface area contributed by atoms with E-state index in [-0.39, 0.29) is 5.82 Å². The molecule has 31 heavy (non-hydrogen) atoms. The summed E-state index contributed by atoms with van der Waals surface area (Å²) in [5, 5.41) is 8.46. The summed E-state index contributed by atoms with van der Waals surface area (Å²) in [6.07, 6.45) is 7.89. The number of hydrogen-bond acceptors (Lipinski definition) is 4. The van der Waals surface area contributed by atoms with Crippen molar-refractivity contribution < 1.29 is 9.13 Å². The van der Waals surface area contributed by atoms with E-state index in [0.29, 0.717) is 5.92 Å². The maximum Gasteiger partial charge on any atom is 0.123 e. The van der Waals surface area contributed by atoms with Gasteiger partial charge in [0.05, 0.1) is 5.52 Å². The second-order valence-electron chi connectivity index (χ2n) is 8.02. The Balaban J connectivity index is 1.46. The van der Waals surface area contributed by atoms with Crippen LogP contribution in [-0.4, -0.2) is 34.4 Å². The maximum absolute atomic E-state index is 13.5. The molecule has 4 aromatic rings. The molecule has 1 saturated heterocycles. The van der Waals surface area contributed by atoms with Gasteiger partial charge in [-0.25, -0.2) is 8.91 Å². The molecule has 0 amide bonds. The first kappa shape index (κ1) is 19.8. The van der Waals surface area contributed by atoms with E-state index in [9.17, 15) is 4.39 Å². The molecule has 0 saturated carbocycles. The van der Waals surface area contributed by atoms with Gasteiger partial charge in [0.2, 0.25) is 0 Å². The zero-order chi connectivity index (χ0) is 21.0. The number of halogens is 1. The molecule has 3 aromatic heterocycles. The molecular formula is C25H25FN4O. The minimum Gasteiger partial charge on any atom is -0.381 e. The average Bonchev–Trinajstić information content (AvgIpc) is 3.19. The van der Waals surface area contributed by atoms with Crippen molar-refractivity contribution in [3.8, 4) is 22.4 Å². The number of aromatic nitrogens is 3. The van der Waals surface area contributed by atoms with Gasteiger partial charge in [0.25, 0.3) is 0 Å². The van der Waals surface area contributed by atoms with Crippen LogP contribution in [0.2, 0.25) is 0 Å². The Labute approximate surface area is 180 Å². The predicted octanol–water partition coefficient (Wildman–Crippen LogP) is 4.72. The monoisotopic (exact) mass is 416 g/mol. The summed E-state index contributed by atoms with van der Waals surface area (Å²) in [5.74, 6) is 0.432. The lowest BCUT2D eigenvalue weighted by atomic mass is 10.00. The van der Waals surface area contributed by atoms with Gasteiger partial charge in [0.1, 0.15) is 11.5 Å². The molecule has 1 aliphatic rings. The van der Waals surface area contributed by atoms with Gasteiger partial charge in [-0.15, -0.1) is 0 Å². The standard InChI is InChI=1S/C25H25FN4O/c26-22-4-2-21(3-5-22)25-24(20-7-11-27-12-8-20)23-6-1-19(17-30(23)29-25)16-28-15-18-9-13-31-14-10-18/h1-8,11-12,17-18,28H,9-10,13-16H2. The van der Waals surface area contributed by atoms with Crippen LogP contribution in [-0.2, 0) is 11.3 Å². The van der Waals surface area contributed by atoms with Crippen LogP contribution in [0.4, 0.5) is 4.39 Å². The topological polar surface area (TPSA) is 51.5 Å². The number of fused-ring (bicyclic) bond motifs is 1. The molecule has 1 fully saturated rings. The second-order valence-corrected chi connectivity index (χ2v) is 8.02. The normalized spacial score (nSPS) is 14.9. The molecule has 4 heterocycles. The summed E-state index contributed by atoms with van der Waals surface area (Å²) in [4.78, 5) is 4.14. The first-order valence-electron chi connectivity index (χ1n) is 10.7. The van der Waals surface area contributed by atoms with E-state index in [1.807, 2.05) is 16.6 Å². The zero-order valence-electron chi connectivity index (χ0n) is 17.3. The smallest absolute Gasteiger partial charge is 0.123 e. The number of hydrogen-bond donors (Lipinski definition) is 1. The van der Waals surface area contributed by atoms with Crippen molar-refractivity contribution >= 4 is 5.52 Å². The number of rotatable bonds is 6. The van der Waals surface area contributed by atoms with E-state index in [4.69, 9.17) is 9.84 Å². The molecule has 5 rings (SSSR count). The van der Waals surface area contributed by atoms with Gasteiger partial charge in [-0.05, 0) is 78.9 Å². The van der Waals surface area contributed by atoms with Crippen molar-refractivity contribution in [3.05, 3.63) is 78.5 Å². The largest absolute Gasteiger partial charge is 0.381 e. The lowest BCUT2D eigenvalue weighted by Crippen LogP contribution is -2.27. The highest BCUT2D eigenvalue weighted by Crippen LogP contribution is 2.35. The number of benzene rings is 1. The Morgan fingerprint density at radius 3 is 2.52 bits per heavy atom. The molecule has 1 aliphatic heterocycles. The van der Waals surface area contributed by atoms with Crippen molar-refractivity contribution in [1.29, 1.82) is 0 Å². The Hall–Kier alpha value is -3.09. The van der Waals surface area contributed by atoms with E-state index < -0.39 is 0 Å². The van der Waals surface area contributed by atoms with E-state index in [1.165, 1.54) is 17.7 Å². The number of ether oxygens (including phenoxy) is 1. The lowest BCUT2D eigenvalue weighted by Gasteiger charge is -2.22. The highest BCUT2D eigenvalue weighted by Gasteiger charge is 2.17. The van der Waals surface area contributed by atoms with Crippen LogP contribution >= 0.6 is 0 Å². The predicted molar refractivity (Wildman–Crippen MR) is 119 cm³/mol. The molecule has 5 nitrogen and oxygen atoms in total. The number of pyridine rings is 2. The van der Waals surface area contributed by atoms with Crippen molar-refractivity contribution in [2.24, 2.45) is 5.92 Å². The van der Waals surface area contributed by atoms with E-state index in [1.54, 1.807) is 24.5 Å². The van der Waals surface area contributed by atoms with E-state index >= 15 is 0 Å². The molecule has 1 aromatic carbocycles. The molecule has 0 radical (unpaired) electrons. The fourth-order valence-corrected chi connectivity index (χ4v) is 4.18. The number of nitrogens with one attached hydrogen (secondary N) is 1. The number of nitrogens with zero attached hydrogens (tertiary/aromatic N) is 3. The molecule has 1 N–H and O–H groups in total. The summed E-state index contributed by atoms with van der Waals surface area (Å²) in [6, 6.07) is 14.7. The van der Waals surface area contributed by atoms with Crippen LogP contribution in [0.25, 0.3) is 27.9 Å². The third-order valence-electron chi connectivity index (χ3n) is 5.88. The average molecular weight is 417 g/mol. The molecule has 158 valence electrons. The van der Waals surface area contributed by atoms with Gasteiger partial charge in [-0.1, -0.05) is 6.07 Å². The summed E-state index contributed by atoms with van der Waals surface area (Å²) in [7, 11) is 0. The first-order chi connectivity index (χ1) is 15.3. The van der Waals surface area contributed by atoms with E-state index in [2.05, 4.69) is 28.6 Å².